The fourth-order valence-electron chi connectivity index (χ4n) is 4.23. The van der Waals surface area contributed by atoms with Crippen LogP contribution in [0.25, 0.3) is 0 Å². The molecular formula is C27H38ClFN2O3. The molecule has 188 valence electrons. The summed E-state index contributed by atoms with van der Waals surface area (Å²) >= 11 is 0. The summed E-state index contributed by atoms with van der Waals surface area (Å²) in [6.45, 7) is 7.41. The van der Waals surface area contributed by atoms with Crippen molar-refractivity contribution < 1.29 is 19.0 Å². The van der Waals surface area contributed by atoms with Gasteiger partial charge in [-0.25, -0.2) is 4.39 Å². The Balaban J connectivity index is 0.00000408. The quantitative estimate of drug-likeness (QED) is 0.436. The van der Waals surface area contributed by atoms with Crippen LogP contribution in [0.1, 0.15) is 51.5 Å². The lowest BCUT2D eigenvalue weighted by molar-refractivity contribution is -0.116. The Morgan fingerprint density at radius 1 is 1.12 bits per heavy atom. The van der Waals surface area contributed by atoms with E-state index in [1.54, 1.807) is 11.8 Å². The summed E-state index contributed by atoms with van der Waals surface area (Å²) in [5.74, 6) is 0.565. The maximum atomic E-state index is 13.1. The van der Waals surface area contributed by atoms with Crippen LogP contribution in [0.2, 0.25) is 0 Å². The Morgan fingerprint density at radius 3 is 2.35 bits per heavy atom. The highest BCUT2D eigenvalue weighted by atomic mass is 35.5. The van der Waals surface area contributed by atoms with E-state index in [-0.39, 0.29) is 24.1 Å². The molecule has 1 heterocycles. The predicted molar refractivity (Wildman–Crippen MR) is 137 cm³/mol. The van der Waals surface area contributed by atoms with Crippen molar-refractivity contribution in [3.8, 4) is 5.75 Å². The number of aliphatic hydroxyl groups is 1. The van der Waals surface area contributed by atoms with Crippen LogP contribution in [-0.4, -0.2) is 54.3 Å². The maximum Gasteiger partial charge on any atom is 0.223 e. The average Bonchev–Trinajstić information content (AvgIpc) is 2.81. The number of halogens is 2. The van der Waals surface area contributed by atoms with Crippen LogP contribution in [0.4, 0.5) is 10.1 Å². The number of rotatable bonds is 11. The number of nitrogens with zero attached hydrogens (tertiary/aromatic N) is 2. The van der Waals surface area contributed by atoms with Gasteiger partial charge >= 0.3 is 0 Å². The zero-order chi connectivity index (χ0) is 23.7. The number of carbonyl (C=O) groups excluding carboxylic acids is 1. The van der Waals surface area contributed by atoms with Gasteiger partial charge in [-0.1, -0.05) is 25.5 Å². The molecule has 1 amide bonds. The highest BCUT2D eigenvalue weighted by Crippen LogP contribution is 2.28. The van der Waals surface area contributed by atoms with Crippen LogP contribution >= 0.6 is 12.4 Å². The number of hydrogen-bond acceptors (Lipinski definition) is 4. The molecule has 0 saturated carbocycles. The van der Waals surface area contributed by atoms with E-state index in [2.05, 4.69) is 11.8 Å². The molecule has 1 aliphatic rings. The van der Waals surface area contributed by atoms with Gasteiger partial charge in [0.05, 0.1) is 12.2 Å². The minimum absolute atomic E-state index is 0. The van der Waals surface area contributed by atoms with Gasteiger partial charge in [-0.05, 0) is 74.1 Å². The number of hydrogen-bond donors (Lipinski definition) is 1. The van der Waals surface area contributed by atoms with Crippen molar-refractivity contribution in [2.75, 3.05) is 37.7 Å². The monoisotopic (exact) mass is 492 g/mol. The van der Waals surface area contributed by atoms with Crippen molar-refractivity contribution in [1.29, 1.82) is 0 Å². The minimum atomic E-state index is -0.761. The van der Waals surface area contributed by atoms with Crippen molar-refractivity contribution in [1.82, 2.24) is 4.90 Å². The van der Waals surface area contributed by atoms with Crippen molar-refractivity contribution in [3.05, 3.63) is 59.9 Å². The van der Waals surface area contributed by atoms with Crippen LogP contribution in [-0.2, 0) is 11.2 Å². The summed E-state index contributed by atoms with van der Waals surface area (Å²) in [6.07, 6.45) is 4.90. The molecule has 0 atom stereocenters. The number of piperidine rings is 1. The van der Waals surface area contributed by atoms with Crippen molar-refractivity contribution >= 4 is 24.0 Å². The first-order chi connectivity index (χ1) is 15.9. The van der Waals surface area contributed by atoms with Crippen LogP contribution in [0.15, 0.2) is 48.5 Å². The van der Waals surface area contributed by atoms with Crippen molar-refractivity contribution in [2.45, 2.75) is 58.0 Å². The molecule has 2 aromatic rings. The molecule has 1 N–H and O–H groups in total. The summed E-state index contributed by atoms with van der Waals surface area (Å²) < 4.78 is 18.8. The number of benzene rings is 2. The topological polar surface area (TPSA) is 53.0 Å². The van der Waals surface area contributed by atoms with E-state index in [1.807, 2.05) is 36.4 Å². The Kier molecular flexibility index (Phi) is 11.3. The molecule has 3 rings (SSSR count). The number of carbonyl (C=O) groups is 1. The molecule has 0 unspecified atom stereocenters. The third-order valence-corrected chi connectivity index (χ3v) is 6.51. The zero-order valence-electron chi connectivity index (χ0n) is 20.3. The molecule has 7 heteroatoms. The second-order valence-electron chi connectivity index (χ2n) is 9.06. The average molecular weight is 493 g/mol. The highest BCUT2D eigenvalue weighted by Gasteiger charge is 2.32. The van der Waals surface area contributed by atoms with Gasteiger partial charge in [-0.2, -0.15) is 0 Å². The summed E-state index contributed by atoms with van der Waals surface area (Å²) in [5, 5.41) is 11.1. The zero-order valence-corrected chi connectivity index (χ0v) is 21.2. The van der Waals surface area contributed by atoms with Gasteiger partial charge in [0.25, 0.3) is 0 Å². The molecule has 5 nitrogen and oxygen atoms in total. The van der Waals surface area contributed by atoms with E-state index >= 15 is 0 Å². The van der Waals surface area contributed by atoms with Gasteiger partial charge in [0.1, 0.15) is 11.6 Å². The summed E-state index contributed by atoms with van der Waals surface area (Å²) in [4.78, 5) is 16.4. The number of anilines is 1. The van der Waals surface area contributed by atoms with E-state index in [9.17, 15) is 14.3 Å². The SMILES string of the molecule is CCCCOc1ccc(N(CCC2(O)CCN(CCc3ccc(F)cc3)CC2)C(C)=O)cc1.Cl. The molecule has 2 aromatic carbocycles. The van der Waals surface area contributed by atoms with E-state index in [0.29, 0.717) is 32.4 Å². The number of unbranched alkanes of at least 4 members (excludes halogenated alkanes) is 1. The second-order valence-corrected chi connectivity index (χ2v) is 9.06. The fourth-order valence-corrected chi connectivity index (χ4v) is 4.23. The van der Waals surface area contributed by atoms with Crippen LogP contribution < -0.4 is 9.64 Å². The molecule has 1 fully saturated rings. The molecule has 0 bridgehead atoms. The third-order valence-electron chi connectivity index (χ3n) is 6.51. The van der Waals surface area contributed by atoms with Gasteiger partial charge in [-0.3, -0.25) is 4.79 Å². The van der Waals surface area contributed by atoms with E-state index in [0.717, 1.165) is 55.9 Å². The summed E-state index contributed by atoms with van der Waals surface area (Å²) in [7, 11) is 0. The van der Waals surface area contributed by atoms with Crippen LogP contribution in [0, 0.1) is 5.82 Å². The number of likely N-dealkylation sites (tertiary alicyclic amines) is 1. The first-order valence-electron chi connectivity index (χ1n) is 12.1. The maximum absolute atomic E-state index is 13.1. The Bertz CT molecular complexity index is 868. The highest BCUT2D eigenvalue weighted by molar-refractivity contribution is 5.91. The van der Waals surface area contributed by atoms with Gasteiger partial charge in [0, 0.05) is 38.8 Å². The van der Waals surface area contributed by atoms with Gasteiger partial charge in [-0.15, -0.1) is 12.4 Å². The Morgan fingerprint density at radius 2 is 1.76 bits per heavy atom. The van der Waals surface area contributed by atoms with Crippen molar-refractivity contribution in [2.24, 2.45) is 0 Å². The lowest BCUT2D eigenvalue weighted by atomic mass is 9.87. The van der Waals surface area contributed by atoms with E-state index in [4.69, 9.17) is 4.74 Å². The fraction of sp³-hybridized carbons (Fsp3) is 0.519. The van der Waals surface area contributed by atoms with Crippen LogP contribution in [0.5, 0.6) is 5.75 Å². The number of amides is 1. The van der Waals surface area contributed by atoms with E-state index in [1.165, 1.54) is 12.1 Å². The Labute approximate surface area is 209 Å². The van der Waals surface area contributed by atoms with Gasteiger partial charge in [0.2, 0.25) is 5.91 Å². The van der Waals surface area contributed by atoms with Gasteiger partial charge < -0.3 is 19.6 Å². The molecule has 0 radical (unpaired) electrons. The largest absolute Gasteiger partial charge is 0.494 e. The lowest BCUT2D eigenvalue weighted by Gasteiger charge is -2.39. The molecule has 34 heavy (non-hydrogen) atoms. The smallest absolute Gasteiger partial charge is 0.223 e. The molecule has 1 saturated heterocycles. The van der Waals surface area contributed by atoms with Crippen molar-refractivity contribution in [3.63, 3.8) is 0 Å². The normalized spacial score (nSPS) is 15.4. The summed E-state index contributed by atoms with van der Waals surface area (Å²) in [6, 6.07) is 14.3. The Hall–Kier alpha value is -2.15. The minimum Gasteiger partial charge on any atom is -0.494 e. The predicted octanol–water partition coefficient (Wildman–Crippen LogP) is 5.24. The summed E-state index contributed by atoms with van der Waals surface area (Å²) in [5.41, 5.74) is 1.19. The van der Waals surface area contributed by atoms with Crippen LogP contribution in [0.3, 0.4) is 0 Å². The third kappa shape index (κ3) is 8.57. The standard InChI is InChI=1S/C27H37FN2O3.ClH/c1-3-4-21-33-26-11-9-25(10-12-26)30(22(2)31)20-16-27(32)14-18-29(19-15-27)17-13-23-5-7-24(28)8-6-23;/h5-12,32H,3-4,13-21H2,1-2H3;1H. The first kappa shape index (κ1) is 28.1. The molecular weight excluding hydrogens is 455 g/mol. The van der Waals surface area contributed by atoms with Gasteiger partial charge in [0.15, 0.2) is 0 Å². The van der Waals surface area contributed by atoms with E-state index < -0.39 is 5.60 Å². The molecule has 0 aliphatic carbocycles. The molecule has 1 aliphatic heterocycles. The second kappa shape index (κ2) is 13.7. The first-order valence-corrected chi connectivity index (χ1v) is 12.1. The lowest BCUT2D eigenvalue weighted by Crippen LogP contribution is -2.47. The molecule has 0 spiro atoms. The molecule has 0 aromatic heterocycles. The number of ether oxygens (including phenoxy) is 1.